The van der Waals surface area contributed by atoms with Crippen LogP contribution in [0.2, 0.25) is 0 Å². The van der Waals surface area contributed by atoms with Crippen molar-refractivity contribution < 1.29 is 9.53 Å². The van der Waals surface area contributed by atoms with E-state index in [1.807, 2.05) is 42.5 Å². The molecule has 2 aromatic carbocycles. The van der Waals surface area contributed by atoms with Crippen molar-refractivity contribution in [3.63, 3.8) is 0 Å². The Kier molecular flexibility index (Phi) is 5.43. The molecule has 24 heavy (non-hydrogen) atoms. The molecule has 0 saturated heterocycles. The molecule has 1 heterocycles. The van der Waals surface area contributed by atoms with E-state index < -0.39 is 0 Å². The molecule has 0 atom stereocenters. The van der Waals surface area contributed by atoms with Gasteiger partial charge in [-0.25, -0.2) is 4.98 Å². The minimum atomic E-state index is 0.0174. The van der Waals surface area contributed by atoms with Gasteiger partial charge in [0.15, 0.2) is 0 Å². The van der Waals surface area contributed by atoms with Gasteiger partial charge in [0.05, 0.1) is 28.8 Å². The maximum Gasteiger partial charge on any atom is 0.224 e. The average Bonchev–Trinajstić information content (AvgIpc) is 3.02. The van der Waals surface area contributed by atoms with E-state index in [9.17, 15) is 4.79 Å². The number of thiazole rings is 1. The highest BCUT2D eigenvalue weighted by Gasteiger charge is 2.08. The molecule has 124 valence electrons. The van der Waals surface area contributed by atoms with Crippen LogP contribution >= 0.6 is 11.3 Å². The number of para-hydroxylation sites is 2. The number of nitrogens with one attached hydrogen (secondary N) is 1. The summed E-state index contributed by atoms with van der Waals surface area (Å²) in [6.07, 6.45) is 2.11. The first-order valence-corrected chi connectivity index (χ1v) is 8.81. The summed E-state index contributed by atoms with van der Waals surface area (Å²) in [6, 6.07) is 15.8. The predicted octanol–water partition coefficient (Wildman–Crippen LogP) is 3.60. The van der Waals surface area contributed by atoms with Gasteiger partial charge in [-0.3, -0.25) is 4.79 Å². The highest BCUT2D eigenvalue weighted by Crippen LogP contribution is 2.22. The lowest BCUT2D eigenvalue weighted by molar-refractivity contribution is -0.120. The molecule has 0 aliphatic heterocycles. The molecular weight excluding hydrogens is 320 g/mol. The van der Waals surface area contributed by atoms with Gasteiger partial charge in [-0.2, -0.15) is 0 Å². The van der Waals surface area contributed by atoms with Crippen molar-refractivity contribution in [2.45, 2.75) is 19.3 Å². The number of aromatic nitrogens is 1. The third-order valence-electron chi connectivity index (χ3n) is 3.77. The first kappa shape index (κ1) is 16.5. The van der Waals surface area contributed by atoms with Crippen molar-refractivity contribution >= 4 is 27.5 Å². The Morgan fingerprint density at radius 1 is 1.17 bits per heavy atom. The molecule has 0 spiro atoms. The van der Waals surface area contributed by atoms with Crippen LogP contribution in [0, 0.1) is 0 Å². The molecule has 5 heteroatoms. The number of carbonyl (C=O) groups is 1. The fraction of sp³-hybridized carbons (Fsp3) is 0.263. The smallest absolute Gasteiger partial charge is 0.224 e. The first-order valence-electron chi connectivity index (χ1n) is 7.99. The Morgan fingerprint density at radius 3 is 2.79 bits per heavy atom. The lowest BCUT2D eigenvalue weighted by atomic mass is 10.1. The Morgan fingerprint density at radius 2 is 1.96 bits per heavy atom. The number of rotatable bonds is 7. The van der Waals surface area contributed by atoms with Crippen molar-refractivity contribution in [2.24, 2.45) is 0 Å². The summed E-state index contributed by atoms with van der Waals surface area (Å²) >= 11 is 1.72. The molecule has 1 aromatic heterocycles. The van der Waals surface area contributed by atoms with Crippen LogP contribution in [0.1, 0.15) is 17.0 Å². The summed E-state index contributed by atoms with van der Waals surface area (Å²) in [6.45, 7) is 0.657. The van der Waals surface area contributed by atoms with E-state index in [0.29, 0.717) is 13.0 Å². The molecule has 0 aliphatic carbocycles. The third kappa shape index (κ3) is 4.11. The van der Waals surface area contributed by atoms with Crippen LogP contribution in [0.4, 0.5) is 0 Å². The molecule has 0 aliphatic rings. The van der Waals surface area contributed by atoms with Gasteiger partial charge in [0.1, 0.15) is 5.75 Å². The molecule has 0 fully saturated rings. The average molecular weight is 340 g/mol. The van der Waals surface area contributed by atoms with Crippen molar-refractivity contribution in [3.8, 4) is 5.75 Å². The lowest BCUT2D eigenvalue weighted by Crippen LogP contribution is -2.26. The fourth-order valence-corrected chi connectivity index (χ4v) is 3.59. The van der Waals surface area contributed by atoms with E-state index >= 15 is 0 Å². The van der Waals surface area contributed by atoms with Crippen LogP contribution in [0.5, 0.6) is 5.75 Å². The topological polar surface area (TPSA) is 51.2 Å². The van der Waals surface area contributed by atoms with E-state index in [0.717, 1.165) is 34.7 Å². The third-order valence-corrected chi connectivity index (χ3v) is 4.87. The Labute approximate surface area is 145 Å². The number of fused-ring (bicyclic) bond motifs is 1. The Bertz CT molecular complexity index is 796. The molecule has 0 radical (unpaired) electrons. The van der Waals surface area contributed by atoms with Gasteiger partial charge < -0.3 is 10.1 Å². The number of nitrogens with zero attached hydrogens (tertiary/aromatic N) is 1. The second-order valence-electron chi connectivity index (χ2n) is 5.52. The summed E-state index contributed by atoms with van der Waals surface area (Å²) in [5.41, 5.74) is 1.96. The number of hydrogen-bond acceptors (Lipinski definition) is 4. The Balaban J connectivity index is 1.45. The van der Waals surface area contributed by atoms with Gasteiger partial charge >= 0.3 is 0 Å². The minimum absolute atomic E-state index is 0.0174. The number of methoxy groups -OCH3 is 1. The number of hydrogen-bond donors (Lipinski definition) is 1. The zero-order valence-corrected chi connectivity index (χ0v) is 14.4. The summed E-state index contributed by atoms with van der Waals surface area (Å²) in [7, 11) is 1.62. The van der Waals surface area contributed by atoms with Crippen molar-refractivity contribution in [1.82, 2.24) is 10.3 Å². The standard InChI is InChI=1S/C19H20N2O2S/c1-23-16-9-4-2-7-14(16)13-18(22)20-12-6-11-19-21-15-8-3-5-10-17(15)24-19/h2-5,7-10H,6,11-13H2,1H3,(H,20,22). The Hall–Kier alpha value is -2.40. The molecule has 4 nitrogen and oxygen atoms in total. The van der Waals surface area contributed by atoms with E-state index in [-0.39, 0.29) is 5.91 Å². The van der Waals surface area contributed by atoms with Crippen LogP contribution in [0.15, 0.2) is 48.5 Å². The summed E-state index contributed by atoms with van der Waals surface area (Å²) in [5, 5.41) is 4.09. The van der Waals surface area contributed by atoms with E-state index in [4.69, 9.17) is 4.74 Å². The zero-order valence-electron chi connectivity index (χ0n) is 13.6. The maximum absolute atomic E-state index is 12.1. The molecule has 0 bridgehead atoms. The predicted molar refractivity (Wildman–Crippen MR) is 97.6 cm³/mol. The van der Waals surface area contributed by atoms with Gasteiger partial charge in [0.2, 0.25) is 5.91 Å². The van der Waals surface area contributed by atoms with Crippen LogP contribution in [0.25, 0.3) is 10.2 Å². The van der Waals surface area contributed by atoms with Gasteiger partial charge in [-0.05, 0) is 24.6 Å². The minimum Gasteiger partial charge on any atom is -0.496 e. The van der Waals surface area contributed by atoms with Gasteiger partial charge in [-0.1, -0.05) is 30.3 Å². The van der Waals surface area contributed by atoms with Crippen molar-refractivity contribution in [2.75, 3.05) is 13.7 Å². The van der Waals surface area contributed by atoms with Crippen LogP contribution in [-0.2, 0) is 17.6 Å². The molecule has 0 saturated carbocycles. The normalized spacial score (nSPS) is 10.7. The second-order valence-corrected chi connectivity index (χ2v) is 6.63. The fourth-order valence-electron chi connectivity index (χ4n) is 2.58. The highest BCUT2D eigenvalue weighted by atomic mass is 32.1. The SMILES string of the molecule is COc1ccccc1CC(=O)NCCCc1nc2ccccc2s1. The van der Waals surface area contributed by atoms with E-state index in [1.165, 1.54) is 4.70 Å². The summed E-state index contributed by atoms with van der Waals surface area (Å²) in [4.78, 5) is 16.7. The summed E-state index contributed by atoms with van der Waals surface area (Å²) in [5.74, 6) is 0.769. The second kappa shape index (κ2) is 7.93. The van der Waals surface area contributed by atoms with E-state index in [2.05, 4.69) is 16.4 Å². The van der Waals surface area contributed by atoms with Gasteiger partial charge in [-0.15, -0.1) is 11.3 Å². The quantitative estimate of drug-likeness (QED) is 0.669. The highest BCUT2D eigenvalue weighted by molar-refractivity contribution is 7.18. The van der Waals surface area contributed by atoms with Crippen LogP contribution in [-0.4, -0.2) is 24.5 Å². The first-order chi connectivity index (χ1) is 11.8. The maximum atomic E-state index is 12.1. The number of benzene rings is 2. The molecule has 1 N–H and O–H groups in total. The van der Waals surface area contributed by atoms with Crippen LogP contribution < -0.4 is 10.1 Å². The van der Waals surface area contributed by atoms with Crippen molar-refractivity contribution in [3.05, 3.63) is 59.1 Å². The number of amides is 1. The van der Waals surface area contributed by atoms with Gasteiger partial charge in [0.25, 0.3) is 0 Å². The van der Waals surface area contributed by atoms with E-state index in [1.54, 1.807) is 18.4 Å². The number of ether oxygens (including phenoxy) is 1. The molecule has 1 amide bonds. The summed E-state index contributed by atoms with van der Waals surface area (Å²) < 4.78 is 6.49. The molecule has 3 rings (SSSR count). The van der Waals surface area contributed by atoms with Crippen LogP contribution in [0.3, 0.4) is 0 Å². The molecule has 3 aromatic rings. The largest absolute Gasteiger partial charge is 0.496 e. The lowest BCUT2D eigenvalue weighted by Gasteiger charge is -2.08. The molecule has 0 unspecified atom stereocenters. The van der Waals surface area contributed by atoms with Gasteiger partial charge in [0, 0.05) is 18.5 Å². The van der Waals surface area contributed by atoms with Crippen molar-refractivity contribution in [1.29, 1.82) is 0 Å². The number of aryl methyl sites for hydroxylation is 1. The number of carbonyl (C=O) groups excluding carboxylic acids is 1. The zero-order chi connectivity index (χ0) is 16.8. The molecular formula is C19H20N2O2S. The monoisotopic (exact) mass is 340 g/mol.